The molecule has 4 rings (SSSR count). The summed E-state index contributed by atoms with van der Waals surface area (Å²) in [6, 6.07) is 10.6. The first-order valence-electron chi connectivity index (χ1n) is 12.7. The molecular weight excluding hydrogens is 510 g/mol. The summed E-state index contributed by atoms with van der Waals surface area (Å²) >= 11 is 0. The van der Waals surface area contributed by atoms with Crippen molar-refractivity contribution in [1.82, 2.24) is 9.21 Å². The summed E-state index contributed by atoms with van der Waals surface area (Å²) in [6.07, 6.45) is 0.971. The van der Waals surface area contributed by atoms with Crippen molar-refractivity contribution in [3.8, 4) is 11.5 Å². The van der Waals surface area contributed by atoms with E-state index < -0.39 is 22.2 Å². The molecule has 1 aliphatic heterocycles. The molecule has 1 heterocycles. The van der Waals surface area contributed by atoms with Gasteiger partial charge < -0.3 is 24.8 Å². The monoisotopic (exact) mass is 545 g/mol. The third-order valence-corrected chi connectivity index (χ3v) is 8.94. The minimum atomic E-state index is -3.86. The summed E-state index contributed by atoms with van der Waals surface area (Å²) in [4.78, 5) is 27.8. The first-order chi connectivity index (χ1) is 18.1. The van der Waals surface area contributed by atoms with Crippen LogP contribution < -0.4 is 14.8 Å². The molecule has 0 aromatic heterocycles. The van der Waals surface area contributed by atoms with Crippen LogP contribution in [0, 0.1) is 11.8 Å². The molecular formula is C27H35N3O7S. The highest BCUT2D eigenvalue weighted by Crippen LogP contribution is 2.37. The van der Waals surface area contributed by atoms with E-state index >= 15 is 0 Å². The number of carbonyl (C=O) groups is 2. The molecule has 3 atom stereocenters. The lowest BCUT2D eigenvalue weighted by Crippen LogP contribution is -2.50. The third-order valence-electron chi connectivity index (χ3n) is 7.10. The van der Waals surface area contributed by atoms with Crippen molar-refractivity contribution in [3.63, 3.8) is 0 Å². The van der Waals surface area contributed by atoms with Gasteiger partial charge in [-0.3, -0.25) is 9.59 Å². The maximum Gasteiger partial charge on any atom is 0.258 e. The number of fused-ring (bicyclic) bond motifs is 1. The van der Waals surface area contributed by atoms with Gasteiger partial charge in [-0.1, -0.05) is 13.0 Å². The van der Waals surface area contributed by atoms with Gasteiger partial charge in [0, 0.05) is 25.4 Å². The van der Waals surface area contributed by atoms with E-state index in [0.29, 0.717) is 11.4 Å². The van der Waals surface area contributed by atoms with E-state index in [-0.39, 0.29) is 59.6 Å². The minimum absolute atomic E-state index is 0.00455. The van der Waals surface area contributed by atoms with Gasteiger partial charge in [-0.25, -0.2) is 8.42 Å². The van der Waals surface area contributed by atoms with E-state index in [2.05, 4.69) is 5.32 Å². The van der Waals surface area contributed by atoms with Crippen LogP contribution in [-0.4, -0.2) is 80.5 Å². The van der Waals surface area contributed by atoms with Gasteiger partial charge in [0.05, 0.1) is 42.4 Å². The number of sulfonamides is 1. The zero-order valence-electron chi connectivity index (χ0n) is 22.1. The van der Waals surface area contributed by atoms with Crippen molar-refractivity contribution < 1.29 is 32.6 Å². The lowest BCUT2D eigenvalue weighted by atomic mass is 9.99. The maximum atomic E-state index is 13.6. The molecule has 2 aliphatic rings. The zero-order valence-corrected chi connectivity index (χ0v) is 22.9. The molecule has 38 heavy (non-hydrogen) atoms. The van der Waals surface area contributed by atoms with Crippen LogP contribution in [0.1, 0.15) is 37.0 Å². The molecule has 10 nitrogen and oxygen atoms in total. The molecule has 0 spiro atoms. The molecule has 2 aromatic carbocycles. The number of aliphatic hydroxyl groups is 1. The summed E-state index contributed by atoms with van der Waals surface area (Å²) in [5, 5.41) is 12.7. The number of aliphatic hydroxyl groups excluding tert-OH is 1. The second-order valence-electron chi connectivity index (χ2n) is 10.0. The number of nitrogens with one attached hydrogen (secondary N) is 1. The van der Waals surface area contributed by atoms with Gasteiger partial charge in [0.15, 0.2) is 5.75 Å². The normalized spacial score (nSPS) is 20.7. The molecule has 0 saturated heterocycles. The molecule has 0 bridgehead atoms. The highest BCUT2D eigenvalue weighted by molar-refractivity contribution is 7.89. The standard InChI is InChI=1S/C27H35N3O7S/c1-17-14-30(18(2)16-31)27(33)22-6-5-7-23(28-26(32)19-8-9-19)25(22)37-24(17)15-29(3)38(34,35)21-12-10-20(36-4)11-13-21/h5-7,10-13,17-19,24,31H,8-9,14-16H2,1-4H3,(H,28,32)/t17-,18+,24+/m0/s1. The quantitative estimate of drug-likeness (QED) is 0.496. The second-order valence-corrected chi connectivity index (χ2v) is 12.1. The van der Waals surface area contributed by atoms with Crippen LogP contribution in [0.2, 0.25) is 0 Å². The van der Waals surface area contributed by atoms with Gasteiger partial charge in [-0.2, -0.15) is 4.31 Å². The van der Waals surface area contributed by atoms with Crippen molar-refractivity contribution in [2.45, 2.75) is 43.7 Å². The number of anilines is 1. The first-order valence-corrected chi connectivity index (χ1v) is 14.1. The molecule has 0 radical (unpaired) electrons. The molecule has 2 N–H and O–H groups in total. The number of rotatable bonds is 9. The van der Waals surface area contributed by atoms with Crippen molar-refractivity contribution in [2.75, 3.05) is 39.2 Å². The van der Waals surface area contributed by atoms with Gasteiger partial charge in [0.1, 0.15) is 11.9 Å². The number of para-hydroxylation sites is 1. The Bertz CT molecular complexity index is 1280. The van der Waals surface area contributed by atoms with Gasteiger partial charge in [0.2, 0.25) is 15.9 Å². The average molecular weight is 546 g/mol. The Morgan fingerprint density at radius 2 is 1.92 bits per heavy atom. The number of nitrogens with zero attached hydrogens (tertiary/aromatic N) is 2. The summed E-state index contributed by atoms with van der Waals surface area (Å²) in [6.45, 7) is 3.64. The molecule has 206 valence electrons. The lowest BCUT2D eigenvalue weighted by Gasteiger charge is -2.38. The fourth-order valence-corrected chi connectivity index (χ4v) is 5.60. The summed E-state index contributed by atoms with van der Waals surface area (Å²) < 4.78 is 39.5. The van der Waals surface area contributed by atoms with Crippen molar-refractivity contribution in [3.05, 3.63) is 48.0 Å². The van der Waals surface area contributed by atoms with E-state index in [9.17, 15) is 23.1 Å². The van der Waals surface area contributed by atoms with Crippen LogP contribution in [0.3, 0.4) is 0 Å². The largest absolute Gasteiger partial charge is 0.497 e. The second kappa shape index (κ2) is 11.3. The topological polar surface area (TPSA) is 125 Å². The van der Waals surface area contributed by atoms with Crippen LogP contribution in [0.25, 0.3) is 0 Å². The van der Waals surface area contributed by atoms with Crippen LogP contribution in [0.4, 0.5) is 5.69 Å². The van der Waals surface area contributed by atoms with E-state index in [4.69, 9.17) is 9.47 Å². The molecule has 1 aliphatic carbocycles. The van der Waals surface area contributed by atoms with Crippen LogP contribution in [0.5, 0.6) is 11.5 Å². The molecule has 1 fully saturated rings. The predicted molar refractivity (Wildman–Crippen MR) is 142 cm³/mol. The van der Waals surface area contributed by atoms with Gasteiger partial charge in [-0.15, -0.1) is 0 Å². The smallest absolute Gasteiger partial charge is 0.258 e. The number of carbonyl (C=O) groups excluding carboxylic acids is 2. The highest BCUT2D eigenvalue weighted by Gasteiger charge is 2.37. The Morgan fingerprint density at radius 1 is 1.24 bits per heavy atom. The van der Waals surface area contributed by atoms with Gasteiger partial charge in [0.25, 0.3) is 5.91 Å². The maximum absolute atomic E-state index is 13.6. The van der Waals surface area contributed by atoms with E-state index in [0.717, 1.165) is 12.8 Å². The van der Waals surface area contributed by atoms with Crippen molar-refractivity contribution in [2.24, 2.45) is 11.8 Å². The third kappa shape index (κ3) is 5.79. The molecule has 0 unspecified atom stereocenters. The number of hydrogen-bond acceptors (Lipinski definition) is 7. The Kier molecular flexibility index (Phi) is 8.29. The summed E-state index contributed by atoms with van der Waals surface area (Å²) in [7, 11) is -0.866. The highest BCUT2D eigenvalue weighted by atomic mass is 32.2. The van der Waals surface area contributed by atoms with E-state index in [1.54, 1.807) is 42.2 Å². The molecule has 11 heteroatoms. The van der Waals surface area contributed by atoms with Gasteiger partial charge >= 0.3 is 0 Å². The number of likely N-dealkylation sites (N-methyl/N-ethyl adjacent to an activating group) is 1. The Hall–Kier alpha value is -3.15. The number of methoxy groups -OCH3 is 1. The van der Waals surface area contributed by atoms with Crippen LogP contribution in [-0.2, 0) is 14.8 Å². The number of ether oxygens (including phenoxy) is 2. The minimum Gasteiger partial charge on any atom is -0.497 e. The first kappa shape index (κ1) is 27.9. The SMILES string of the molecule is COc1ccc(S(=O)(=O)N(C)C[C@H]2Oc3c(NC(=O)C4CC4)cccc3C(=O)N([C@H](C)CO)C[C@@H]2C)cc1. The fourth-order valence-electron chi connectivity index (χ4n) is 4.42. The van der Waals surface area contributed by atoms with Crippen molar-refractivity contribution >= 4 is 27.5 Å². The zero-order chi connectivity index (χ0) is 27.6. The number of hydrogen-bond donors (Lipinski definition) is 2. The molecule has 1 saturated carbocycles. The Labute approximate surface area is 223 Å². The summed E-state index contributed by atoms with van der Waals surface area (Å²) in [5.41, 5.74) is 0.612. The van der Waals surface area contributed by atoms with Gasteiger partial charge in [-0.05, 0) is 56.2 Å². The fraction of sp³-hybridized carbons (Fsp3) is 0.481. The molecule has 2 aromatic rings. The number of amides is 2. The molecule has 2 amide bonds. The lowest BCUT2D eigenvalue weighted by molar-refractivity contribution is -0.117. The average Bonchev–Trinajstić information content (AvgIpc) is 3.76. The van der Waals surface area contributed by atoms with E-state index in [1.807, 2.05) is 6.92 Å². The van der Waals surface area contributed by atoms with E-state index in [1.165, 1.54) is 30.6 Å². The Morgan fingerprint density at radius 3 is 2.53 bits per heavy atom. The van der Waals surface area contributed by atoms with Crippen molar-refractivity contribution in [1.29, 1.82) is 0 Å². The summed E-state index contributed by atoms with van der Waals surface area (Å²) in [5.74, 6) is -0.0788. The predicted octanol–water partition coefficient (Wildman–Crippen LogP) is 2.58. The number of benzene rings is 2. The van der Waals surface area contributed by atoms with Crippen LogP contribution in [0.15, 0.2) is 47.4 Å². The Balaban J connectivity index is 1.68. The van der Waals surface area contributed by atoms with Crippen LogP contribution >= 0.6 is 0 Å².